The minimum absolute atomic E-state index is 0.233. The van der Waals surface area contributed by atoms with Crippen LogP contribution < -0.4 is 4.72 Å². The van der Waals surface area contributed by atoms with E-state index in [1.54, 1.807) is 36.5 Å². The molecule has 0 aliphatic heterocycles. The highest BCUT2D eigenvalue weighted by atomic mass is 32.2. The van der Waals surface area contributed by atoms with Gasteiger partial charge in [-0.15, -0.1) is 0 Å². The van der Waals surface area contributed by atoms with Crippen LogP contribution in [0.1, 0.15) is 25.3 Å². The van der Waals surface area contributed by atoms with Gasteiger partial charge in [-0.1, -0.05) is 38.1 Å². The molecule has 0 fully saturated rings. The molecule has 0 bridgehead atoms. The van der Waals surface area contributed by atoms with Gasteiger partial charge in [0.25, 0.3) is 10.0 Å². The summed E-state index contributed by atoms with van der Waals surface area (Å²) in [6, 6.07) is 13.9. The Morgan fingerprint density at radius 3 is 2.46 bits per heavy atom. The van der Waals surface area contributed by atoms with Gasteiger partial charge in [0, 0.05) is 11.3 Å². The minimum atomic E-state index is -3.64. The van der Waals surface area contributed by atoms with Crippen LogP contribution in [-0.2, 0) is 10.0 Å². The van der Waals surface area contributed by atoms with E-state index in [1.165, 1.54) is 6.39 Å². The number of benzene rings is 2. The molecule has 0 radical (unpaired) electrons. The largest absolute Gasteiger partial charge is 0.444 e. The topological polar surface area (TPSA) is 72.2 Å². The maximum atomic E-state index is 12.5. The standard InChI is InChI=1S/C18H18N2O3S/c1-13(2)14-6-8-17(9-7-14)24(21,22)20-16-5-3-4-15(10-16)18-11-19-12-23-18/h3-13,20H,1-2H3. The van der Waals surface area contributed by atoms with E-state index < -0.39 is 10.0 Å². The first-order valence-corrected chi connectivity index (χ1v) is 9.06. The van der Waals surface area contributed by atoms with Crippen molar-refractivity contribution in [2.24, 2.45) is 0 Å². The van der Waals surface area contributed by atoms with Crippen molar-refractivity contribution in [3.05, 3.63) is 66.7 Å². The molecule has 0 unspecified atom stereocenters. The highest BCUT2D eigenvalue weighted by Gasteiger charge is 2.15. The van der Waals surface area contributed by atoms with Gasteiger partial charge in [0.2, 0.25) is 0 Å². The molecule has 3 rings (SSSR count). The number of nitrogens with one attached hydrogen (secondary N) is 1. The maximum Gasteiger partial charge on any atom is 0.261 e. The molecule has 124 valence electrons. The average molecular weight is 342 g/mol. The van der Waals surface area contributed by atoms with Gasteiger partial charge in [-0.2, -0.15) is 0 Å². The Bertz CT molecular complexity index is 915. The summed E-state index contributed by atoms with van der Waals surface area (Å²) in [5.41, 5.74) is 2.32. The molecule has 3 aromatic rings. The van der Waals surface area contributed by atoms with E-state index in [0.717, 1.165) is 11.1 Å². The van der Waals surface area contributed by atoms with Crippen molar-refractivity contribution >= 4 is 15.7 Å². The summed E-state index contributed by atoms with van der Waals surface area (Å²) in [7, 11) is -3.64. The highest BCUT2D eigenvalue weighted by Crippen LogP contribution is 2.24. The van der Waals surface area contributed by atoms with Gasteiger partial charge >= 0.3 is 0 Å². The Kier molecular flexibility index (Phi) is 4.40. The van der Waals surface area contributed by atoms with Crippen molar-refractivity contribution in [1.82, 2.24) is 4.98 Å². The van der Waals surface area contributed by atoms with E-state index in [1.807, 2.05) is 18.2 Å². The minimum Gasteiger partial charge on any atom is -0.444 e. The summed E-state index contributed by atoms with van der Waals surface area (Å²) in [6.07, 6.45) is 2.92. The second-order valence-electron chi connectivity index (χ2n) is 5.78. The Morgan fingerprint density at radius 2 is 1.83 bits per heavy atom. The quantitative estimate of drug-likeness (QED) is 0.752. The van der Waals surface area contributed by atoms with Gasteiger partial charge in [-0.05, 0) is 35.7 Å². The first-order valence-electron chi connectivity index (χ1n) is 7.57. The normalized spacial score (nSPS) is 11.6. The number of sulfonamides is 1. The van der Waals surface area contributed by atoms with E-state index >= 15 is 0 Å². The molecule has 0 spiro atoms. The number of anilines is 1. The lowest BCUT2D eigenvalue weighted by molar-refractivity contribution is 0.572. The third-order valence-corrected chi connectivity index (χ3v) is 5.09. The molecule has 1 aromatic heterocycles. The third kappa shape index (κ3) is 3.49. The van der Waals surface area contributed by atoms with Crippen LogP contribution in [0.5, 0.6) is 0 Å². The Balaban J connectivity index is 1.85. The van der Waals surface area contributed by atoms with Gasteiger partial charge in [0.15, 0.2) is 12.2 Å². The molecular formula is C18H18N2O3S. The lowest BCUT2D eigenvalue weighted by Gasteiger charge is -2.10. The third-order valence-electron chi connectivity index (χ3n) is 3.69. The fraction of sp³-hybridized carbons (Fsp3) is 0.167. The molecule has 5 nitrogen and oxygen atoms in total. The van der Waals surface area contributed by atoms with Gasteiger partial charge in [-0.25, -0.2) is 13.4 Å². The van der Waals surface area contributed by atoms with E-state index in [4.69, 9.17) is 4.42 Å². The average Bonchev–Trinajstić information content (AvgIpc) is 3.09. The summed E-state index contributed by atoms with van der Waals surface area (Å²) in [6.45, 7) is 4.13. The molecule has 0 aliphatic carbocycles. The van der Waals surface area contributed by atoms with Crippen LogP contribution in [0.15, 0.2) is 70.4 Å². The molecule has 6 heteroatoms. The fourth-order valence-electron chi connectivity index (χ4n) is 2.34. The molecule has 24 heavy (non-hydrogen) atoms. The van der Waals surface area contributed by atoms with Crippen LogP contribution in [0, 0.1) is 0 Å². The van der Waals surface area contributed by atoms with E-state index in [0.29, 0.717) is 17.4 Å². The van der Waals surface area contributed by atoms with Gasteiger partial charge in [0.1, 0.15) is 0 Å². The Morgan fingerprint density at radius 1 is 1.08 bits per heavy atom. The summed E-state index contributed by atoms with van der Waals surface area (Å²) in [5.74, 6) is 0.936. The van der Waals surface area contributed by atoms with Crippen molar-refractivity contribution in [3.8, 4) is 11.3 Å². The number of aromatic nitrogens is 1. The van der Waals surface area contributed by atoms with Gasteiger partial charge < -0.3 is 4.42 Å². The zero-order valence-corrected chi connectivity index (χ0v) is 14.2. The molecule has 0 aliphatic rings. The molecular weight excluding hydrogens is 324 g/mol. The van der Waals surface area contributed by atoms with E-state index in [2.05, 4.69) is 23.6 Å². The summed E-state index contributed by atoms with van der Waals surface area (Å²) in [4.78, 5) is 4.10. The molecule has 0 atom stereocenters. The van der Waals surface area contributed by atoms with Crippen LogP contribution >= 0.6 is 0 Å². The van der Waals surface area contributed by atoms with Crippen LogP contribution in [0.4, 0.5) is 5.69 Å². The zero-order valence-electron chi connectivity index (χ0n) is 13.4. The fourth-order valence-corrected chi connectivity index (χ4v) is 3.39. The van der Waals surface area contributed by atoms with E-state index in [-0.39, 0.29) is 4.90 Å². The maximum absolute atomic E-state index is 12.5. The second kappa shape index (κ2) is 6.49. The summed E-state index contributed by atoms with van der Waals surface area (Å²) < 4.78 is 32.9. The monoisotopic (exact) mass is 342 g/mol. The smallest absolute Gasteiger partial charge is 0.261 e. The number of oxazole rings is 1. The first-order chi connectivity index (χ1) is 11.5. The number of hydrogen-bond acceptors (Lipinski definition) is 4. The zero-order chi connectivity index (χ0) is 17.2. The van der Waals surface area contributed by atoms with Crippen molar-refractivity contribution in [3.63, 3.8) is 0 Å². The lowest BCUT2D eigenvalue weighted by atomic mass is 10.0. The molecule has 2 aromatic carbocycles. The Labute approximate surface area is 141 Å². The second-order valence-corrected chi connectivity index (χ2v) is 7.46. The van der Waals surface area contributed by atoms with Crippen LogP contribution in [-0.4, -0.2) is 13.4 Å². The van der Waals surface area contributed by atoms with Crippen molar-refractivity contribution in [2.45, 2.75) is 24.7 Å². The van der Waals surface area contributed by atoms with Crippen LogP contribution in [0.2, 0.25) is 0 Å². The van der Waals surface area contributed by atoms with E-state index in [9.17, 15) is 8.42 Å². The molecule has 1 heterocycles. The number of rotatable bonds is 5. The van der Waals surface area contributed by atoms with Crippen LogP contribution in [0.25, 0.3) is 11.3 Å². The van der Waals surface area contributed by atoms with Crippen molar-refractivity contribution in [2.75, 3.05) is 4.72 Å². The number of nitrogens with zero attached hydrogens (tertiary/aromatic N) is 1. The molecule has 0 amide bonds. The molecule has 1 N–H and O–H groups in total. The molecule has 0 saturated carbocycles. The lowest BCUT2D eigenvalue weighted by Crippen LogP contribution is -2.13. The predicted octanol–water partition coefficient (Wildman–Crippen LogP) is 4.27. The SMILES string of the molecule is CC(C)c1ccc(S(=O)(=O)Nc2cccc(-c3cnco3)c2)cc1. The van der Waals surface area contributed by atoms with Crippen molar-refractivity contribution < 1.29 is 12.8 Å². The molecule has 0 saturated heterocycles. The first kappa shape index (κ1) is 16.3. The highest BCUT2D eigenvalue weighted by molar-refractivity contribution is 7.92. The summed E-state index contributed by atoms with van der Waals surface area (Å²) >= 11 is 0. The number of hydrogen-bond donors (Lipinski definition) is 1. The predicted molar refractivity (Wildman–Crippen MR) is 93.3 cm³/mol. The Hall–Kier alpha value is -2.60. The summed E-state index contributed by atoms with van der Waals surface area (Å²) in [5, 5.41) is 0. The van der Waals surface area contributed by atoms with Gasteiger partial charge in [-0.3, -0.25) is 4.72 Å². The van der Waals surface area contributed by atoms with Gasteiger partial charge in [0.05, 0.1) is 11.1 Å². The van der Waals surface area contributed by atoms with Crippen LogP contribution in [0.3, 0.4) is 0 Å². The van der Waals surface area contributed by atoms with Crippen molar-refractivity contribution in [1.29, 1.82) is 0 Å².